The third kappa shape index (κ3) is 4.72. The monoisotopic (exact) mass is 444 g/mol. The van der Waals surface area contributed by atoms with E-state index in [1.54, 1.807) is 34.9 Å². The Hall–Kier alpha value is -3.10. The lowest BCUT2D eigenvalue weighted by atomic mass is 10.1. The topological polar surface area (TPSA) is 70.3 Å². The lowest BCUT2D eigenvalue weighted by Gasteiger charge is -2.12. The van der Waals surface area contributed by atoms with Gasteiger partial charge in [0, 0.05) is 29.5 Å². The molecule has 0 bridgehead atoms. The highest BCUT2D eigenvalue weighted by Gasteiger charge is 2.18. The summed E-state index contributed by atoms with van der Waals surface area (Å²) in [5, 5.41) is 3.87. The largest absolute Gasteiger partial charge is 0.481 e. The van der Waals surface area contributed by atoms with Gasteiger partial charge in [0.1, 0.15) is 5.82 Å². The fourth-order valence-electron chi connectivity index (χ4n) is 2.90. The number of hydrogen-bond acceptors (Lipinski definition) is 6. The third-order valence-corrected chi connectivity index (χ3v) is 5.00. The standard InChI is InChI=1S/C21H21ClN4O3S/c1-4-10-25-13-18(23-15-7-5-6-14(22)11-15)26(21(25)30)12-17(27)16-8-9-19(28-2)24-20(16)29-3/h4-9,11,13,23H,1,10,12H2,2-3H3. The van der Waals surface area contributed by atoms with E-state index in [2.05, 4.69) is 16.9 Å². The van der Waals surface area contributed by atoms with Gasteiger partial charge in [-0.05, 0) is 36.5 Å². The van der Waals surface area contributed by atoms with Crippen LogP contribution in [0.15, 0.2) is 55.3 Å². The number of ketones is 1. The first-order valence-corrected chi connectivity index (χ1v) is 9.81. The molecule has 1 N–H and O–H groups in total. The molecule has 156 valence electrons. The van der Waals surface area contributed by atoms with E-state index in [4.69, 9.17) is 33.3 Å². The molecule has 2 heterocycles. The van der Waals surface area contributed by atoms with Gasteiger partial charge in [-0.3, -0.25) is 9.36 Å². The van der Waals surface area contributed by atoms with Crippen molar-refractivity contribution in [3.63, 3.8) is 0 Å². The van der Waals surface area contributed by atoms with E-state index >= 15 is 0 Å². The van der Waals surface area contributed by atoms with Crippen LogP contribution < -0.4 is 14.8 Å². The van der Waals surface area contributed by atoms with Gasteiger partial charge < -0.3 is 19.4 Å². The summed E-state index contributed by atoms with van der Waals surface area (Å²) < 4.78 is 14.4. The van der Waals surface area contributed by atoms with Crippen molar-refractivity contribution in [1.82, 2.24) is 14.1 Å². The second kappa shape index (κ2) is 9.60. The van der Waals surface area contributed by atoms with E-state index < -0.39 is 0 Å². The van der Waals surface area contributed by atoms with Gasteiger partial charge in [-0.2, -0.15) is 4.98 Å². The van der Waals surface area contributed by atoms with Crippen LogP contribution in [-0.2, 0) is 13.1 Å². The molecule has 0 atom stereocenters. The van der Waals surface area contributed by atoms with E-state index in [1.165, 1.54) is 14.2 Å². The zero-order valence-corrected chi connectivity index (χ0v) is 18.2. The summed E-state index contributed by atoms with van der Waals surface area (Å²) in [6.45, 7) is 4.27. The smallest absolute Gasteiger partial charge is 0.227 e. The highest BCUT2D eigenvalue weighted by Crippen LogP contribution is 2.24. The Morgan fingerprint density at radius 2 is 2.10 bits per heavy atom. The molecule has 0 unspecified atom stereocenters. The molecule has 0 amide bonds. The van der Waals surface area contributed by atoms with Crippen LogP contribution in [-0.4, -0.2) is 34.1 Å². The van der Waals surface area contributed by atoms with E-state index in [9.17, 15) is 4.79 Å². The van der Waals surface area contributed by atoms with Crippen molar-refractivity contribution < 1.29 is 14.3 Å². The third-order valence-electron chi connectivity index (χ3n) is 4.31. The van der Waals surface area contributed by atoms with Crippen molar-refractivity contribution in [2.75, 3.05) is 19.5 Å². The van der Waals surface area contributed by atoms with Crippen molar-refractivity contribution in [1.29, 1.82) is 0 Å². The molecule has 2 aromatic heterocycles. The summed E-state index contributed by atoms with van der Waals surface area (Å²) in [6, 6.07) is 10.5. The van der Waals surface area contributed by atoms with Crippen molar-refractivity contribution in [2.24, 2.45) is 0 Å². The van der Waals surface area contributed by atoms with Gasteiger partial charge >= 0.3 is 0 Å². The van der Waals surface area contributed by atoms with Crippen molar-refractivity contribution >= 4 is 41.1 Å². The average Bonchev–Trinajstić information content (AvgIpc) is 3.02. The first-order chi connectivity index (χ1) is 14.5. The highest BCUT2D eigenvalue weighted by molar-refractivity contribution is 7.71. The van der Waals surface area contributed by atoms with Crippen LogP contribution in [0.1, 0.15) is 10.4 Å². The molecule has 3 rings (SSSR count). The molecule has 0 aliphatic rings. The molecule has 0 radical (unpaired) electrons. The Bertz CT molecular complexity index is 1140. The molecule has 0 aliphatic heterocycles. The molecule has 1 aromatic carbocycles. The Kier molecular flexibility index (Phi) is 6.91. The van der Waals surface area contributed by atoms with Gasteiger partial charge in [-0.25, -0.2) is 0 Å². The van der Waals surface area contributed by atoms with Crippen LogP contribution in [0.25, 0.3) is 0 Å². The number of rotatable bonds is 9. The van der Waals surface area contributed by atoms with Gasteiger partial charge in [0.05, 0.1) is 26.3 Å². The summed E-state index contributed by atoms with van der Waals surface area (Å²) in [7, 11) is 2.95. The maximum Gasteiger partial charge on any atom is 0.227 e. The van der Waals surface area contributed by atoms with Crippen LogP contribution in [0.5, 0.6) is 11.8 Å². The van der Waals surface area contributed by atoms with E-state index in [-0.39, 0.29) is 18.2 Å². The number of nitrogens with zero attached hydrogens (tertiary/aromatic N) is 3. The van der Waals surface area contributed by atoms with Crippen LogP contribution >= 0.6 is 23.8 Å². The molecular weight excluding hydrogens is 424 g/mol. The Labute approximate surface area is 184 Å². The zero-order chi connectivity index (χ0) is 21.7. The van der Waals surface area contributed by atoms with Gasteiger partial charge in [0.15, 0.2) is 10.6 Å². The lowest BCUT2D eigenvalue weighted by molar-refractivity contribution is 0.0968. The van der Waals surface area contributed by atoms with Gasteiger partial charge in [-0.15, -0.1) is 6.58 Å². The Morgan fingerprint density at radius 3 is 2.77 bits per heavy atom. The number of nitrogens with one attached hydrogen (secondary N) is 1. The minimum Gasteiger partial charge on any atom is -0.481 e. The normalized spacial score (nSPS) is 10.5. The second-order valence-corrected chi connectivity index (χ2v) is 7.09. The molecular formula is C21H21ClN4O3S. The molecule has 0 saturated heterocycles. The van der Waals surface area contributed by atoms with Gasteiger partial charge in [0.25, 0.3) is 0 Å². The minimum absolute atomic E-state index is 0.00373. The van der Waals surface area contributed by atoms with Crippen LogP contribution in [0.3, 0.4) is 0 Å². The maximum atomic E-state index is 13.1. The quantitative estimate of drug-likeness (QED) is 0.287. The van der Waals surface area contributed by atoms with Crippen molar-refractivity contribution in [3.8, 4) is 11.8 Å². The van der Waals surface area contributed by atoms with Crippen LogP contribution in [0, 0.1) is 4.77 Å². The minimum atomic E-state index is -0.205. The number of Topliss-reactive ketones (excluding diaryl/α,β-unsaturated/α-hetero) is 1. The van der Waals surface area contributed by atoms with Crippen molar-refractivity contribution in [3.05, 3.63) is 70.6 Å². The molecule has 7 nitrogen and oxygen atoms in total. The summed E-state index contributed by atoms with van der Waals surface area (Å²) >= 11 is 11.7. The summed E-state index contributed by atoms with van der Waals surface area (Å²) in [5.74, 6) is 1.00. The number of carbonyl (C=O) groups excluding carboxylic acids is 1. The zero-order valence-electron chi connectivity index (χ0n) is 16.6. The number of carbonyl (C=O) groups is 1. The number of methoxy groups -OCH3 is 2. The highest BCUT2D eigenvalue weighted by atomic mass is 35.5. The fourth-order valence-corrected chi connectivity index (χ4v) is 3.38. The molecule has 0 aliphatic carbocycles. The lowest BCUT2D eigenvalue weighted by Crippen LogP contribution is -2.14. The predicted octanol–water partition coefficient (Wildman–Crippen LogP) is 4.90. The molecule has 0 saturated carbocycles. The number of benzene rings is 1. The molecule has 0 fully saturated rings. The second-order valence-electron chi connectivity index (χ2n) is 6.29. The number of hydrogen-bond donors (Lipinski definition) is 1. The summed E-state index contributed by atoms with van der Waals surface area (Å²) in [5.41, 5.74) is 1.11. The van der Waals surface area contributed by atoms with Crippen LogP contribution in [0.2, 0.25) is 5.02 Å². The number of imidazole rings is 1. The fraction of sp³-hybridized carbons (Fsp3) is 0.190. The molecule has 0 spiro atoms. The van der Waals surface area contributed by atoms with E-state index in [0.29, 0.717) is 33.6 Å². The van der Waals surface area contributed by atoms with Gasteiger partial charge in [0.2, 0.25) is 11.8 Å². The Balaban J connectivity index is 1.97. The number of anilines is 2. The summed E-state index contributed by atoms with van der Waals surface area (Å²) in [6.07, 6.45) is 3.57. The number of halogens is 1. The molecule has 3 aromatic rings. The average molecular weight is 445 g/mol. The van der Waals surface area contributed by atoms with E-state index in [0.717, 1.165) is 5.69 Å². The molecule has 30 heavy (non-hydrogen) atoms. The number of pyridine rings is 1. The first-order valence-electron chi connectivity index (χ1n) is 9.02. The van der Waals surface area contributed by atoms with Crippen molar-refractivity contribution in [2.45, 2.75) is 13.1 Å². The first kappa shape index (κ1) is 21.6. The van der Waals surface area contributed by atoms with Crippen LogP contribution in [0.4, 0.5) is 11.5 Å². The number of ether oxygens (including phenoxy) is 2. The number of aromatic nitrogens is 3. The SMILES string of the molecule is C=CCn1cc(Nc2cccc(Cl)c2)n(CC(=O)c2ccc(OC)nc2OC)c1=S. The van der Waals surface area contributed by atoms with Gasteiger partial charge in [-0.1, -0.05) is 23.7 Å². The van der Waals surface area contributed by atoms with E-state index in [1.807, 2.05) is 22.9 Å². The molecule has 9 heteroatoms. The predicted molar refractivity (Wildman–Crippen MR) is 120 cm³/mol. The number of allylic oxidation sites excluding steroid dienone is 1. The maximum absolute atomic E-state index is 13.1. The Morgan fingerprint density at radius 1 is 1.30 bits per heavy atom. The summed E-state index contributed by atoms with van der Waals surface area (Å²) in [4.78, 5) is 17.2.